The number of carbonyl (C=O) groups is 5. The normalized spacial score (nSPS) is 10.7. The van der Waals surface area contributed by atoms with Crippen molar-refractivity contribution >= 4 is 83.4 Å². The summed E-state index contributed by atoms with van der Waals surface area (Å²) >= 11 is 0. The summed E-state index contributed by atoms with van der Waals surface area (Å²) in [6, 6.07) is 91.2. The van der Waals surface area contributed by atoms with E-state index in [0.29, 0.717) is 5.92 Å². The smallest absolute Gasteiger partial charge is 0.155 e. The van der Waals surface area contributed by atoms with E-state index in [2.05, 4.69) is 323 Å². The van der Waals surface area contributed by atoms with E-state index in [-0.39, 0.29) is 158 Å². The minimum Gasteiger partial charge on any atom is -0.512 e. The van der Waals surface area contributed by atoms with Crippen molar-refractivity contribution in [3.8, 4) is 56.3 Å². The van der Waals surface area contributed by atoms with Crippen LogP contribution in [-0.4, -0.2) is 79.4 Å². The first kappa shape index (κ1) is 125. The number of aliphatic hydroxyl groups excluding tert-OH is 5. The monoisotopic (exact) mass is 2740 g/mol. The number of hydrogen-bond donors (Lipinski definition) is 5. The Morgan fingerprint density at radius 3 is 0.848 bits per heavy atom. The molecule has 15 rings (SSSR count). The number of pyridine rings is 5. The number of aromatic nitrogens is 5. The molecule has 138 heavy (non-hydrogen) atoms. The van der Waals surface area contributed by atoms with Gasteiger partial charge in [0.05, 0.1) is 56.4 Å². The van der Waals surface area contributed by atoms with Crippen LogP contribution in [0.25, 0.3) is 111 Å². The van der Waals surface area contributed by atoms with E-state index >= 15 is 0 Å². The summed E-state index contributed by atoms with van der Waals surface area (Å²) in [7, 11) is 0. The van der Waals surface area contributed by atoms with Crippen molar-refractivity contribution in [3.63, 3.8) is 0 Å². The van der Waals surface area contributed by atoms with Gasteiger partial charge >= 0.3 is 0 Å². The Hall–Kier alpha value is -11.5. The van der Waals surface area contributed by atoms with Crippen LogP contribution in [0, 0.1) is 133 Å². The zero-order chi connectivity index (χ0) is 98.6. The fourth-order valence-electron chi connectivity index (χ4n) is 14.3. The fourth-order valence-corrected chi connectivity index (χ4v) is 14.3. The van der Waals surface area contributed by atoms with Crippen LogP contribution in [0.4, 0.5) is 0 Å². The standard InChI is InChI=1S/C21H22N.C19H18N.2C18H16N.C17H14N.5C5H8O2.5Ir/c1-14(2)9-17-5-6-18-7-8-20(22-21(18)13-17)19-11-15(3)10-16(4)12-19;1-12-5-6-18-16(8-12)11-15(4)19(20-18)17-9-13(2)7-14(3)10-17;1-12-4-5-15-6-7-17(19-18(15)11-12)16-9-13(2)8-14(3)10-16;1-12-8-13(2)10-16(9-12)18-14(3)11-15-6-4-5-7-17(15)19-18;1-12-9-13(2)11-15(10-12)17-8-7-14-5-3-4-6-16(14)18-17;5*1-4(6)3-5(2)7;;;;;/h5-8,10-11,13-14H,9H2,1-4H3;5-9,11H,1-4H3;2*4-9,11H,1-3H3;3-10H,1-2H3;5*3,6H,1-2H3;;;;;/q5*-1;;;;;;;;;;. The molecule has 0 atom stereocenters. The van der Waals surface area contributed by atoms with E-state index in [0.717, 1.165) is 118 Å². The van der Waals surface area contributed by atoms with Gasteiger partial charge in [0.1, 0.15) is 0 Å². The van der Waals surface area contributed by atoms with Crippen LogP contribution < -0.4 is 0 Å². The summed E-state index contributed by atoms with van der Waals surface area (Å²) in [5.74, 6) is 0.348. The van der Waals surface area contributed by atoms with Crippen LogP contribution in [0.1, 0.15) is 167 Å². The topological polar surface area (TPSA) is 251 Å². The van der Waals surface area contributed by atoms with Gasteiger partial charge in [-0.25, -0.2) is 0 Å². The molecule has 0 saturated carbocycles. The van der Waals surface area contributed by atoms with Crippen molar-refractivity contribution in [1.29, 1.82) is 0 Å². The number of fused-ring (bicyclic) bond motifs is 5. The molecule has 5 radical (unpaired) electrons. The first-order valence-corrected chi connectivity index (χ1v) is 44.0. The third-order valence-corrected chi connectivity index (χ3v) is 19.1. The Balaban J connectivity index is 0.000000788. The Bertz CT molecular complexity index is 6550. The van der Waals surface area contributed by atoms with Gasteiger partial charge in [0.25, 0.3) is 0 Å². The first-order chi connectivity index (χ1) is 62.6. The third kappa shape index (κ3) is 45.4. The number of aliphatic hydroxyl groups is 5. The summed E-state index contributed by atoms with van der Waals surface area (Å²) in [4.78, 5) is 74.0. The van der Waals surface area contributed by atoms with Gasteiger partial charge in [-0.15, -0.1) is 174 Å². The van der Waals surface area contributed by atoms with Gasteiger partial charge in [0, 0.05) is 131 Å². The number of aryl methyl sites for hydroxylation is 14. The van der Waals surface area contributed by atoms with Gasteiger partial charge in [0.15, 0.2) is 28.9 Å². The first-order valence-electron chi connectivity index (χ1n) is 44.0. The molecule has 0 fully saturated rings. The summed E-state index contributed by atoms with van der Waals surface area (Å²) < 4.78 is 0. The predicted octanol–water partition coefficient (Wildman–Crippen LogP) is 29.2. The van der Waals surface area contributed by atoms with Crippen LogP contribution in [-0.2, 0) is 131 Å². The maximum Gasteiger partial charge on any atom is 0.155 e. The molecule has 20 heteroatoms. The largest absolute Gasteiger partial charge is 0.512 e. The second-order valence-corrected chi connectivity index (χ2v) is 34.1. The number of hydrogen-bond acceptors (Lipinski definition) is 15. The molecule has 0 aliphatic carbocycles. The molecule has 15 nitrogen and oxygen atoms in total. The predicted molar refractivity (Wildman–Crippen MR) is 550 cm³/mol. The molecule has 733 valence electrons. The Morgan fingerprint density at radius 1 is 0.261 bits per heavy atom. The average molecular weight is 2740 g/mol. The number of ketones is 5. The number of carbonyl (C=O) groups excluding carboxylic acids is 5. The zero-order valence-corrected chi connectivity index (χ0v) is 95.5. The van der Waals surface area contributed by atoms with E-state index in [9.17, 15) is 24.0 Å². The van der Waals surface area contributed by atoms with E-state index < -0.39 is 0 Å². The van der Waals surface area contributed by atoms with Crippen molar-refractivity contribution in [1.82, 2.24) is 24.9 Å². The summed E-state index contributed by atoms with van der Waals surface area (Å²) in [5.41, 5.74) is 33.9. The van der Waals surface area contributed by atoms with E-state index in [1.54, 1.807) is 0 Å². The third-order valence-electron chi connectivity index (χ3n) is 19.1. The summed E-state index contributed by atoms with van der Waals surface area (Å²) in [6.07, 6.45) is 6.93. The van der Waals surface area contributed by atoms with Crippen molar-refractivity contribution in [2.45, 2.75) is 186 Å². The van der Waals surface area contributed by atoms with Crippen molar-refractivity contribution < 1.29 is 150 Å². The minimum atomic E-state index is -0.125. The molecule has 5 heterocycles. The second-order valence-electron chi connectivity index (χ2n) is 34.1. The molecule has 10 aromatic carbocycles. The number of benzene rings is 10. The SMILES string of the molecule is CC(=O)C=C(C)O.CC(=O)C=C(C)O.CC(=O)C=C(C)O.CC(=O)C=C(C)O.CC(=O)C=C(C)O.Cc1[c-]c(-c2ccc3ccc(C)cc3n2)cc(C)c1.Cc1[c-]c(-c2ccc3ccc(CC(C)C)cc3n2)cc(C)c1.Cc1[c-]c(-c2ccc3ccccc3n2)cc(C)c1.Cc1[c-]c(-c2nc3ccc(C)cc3cc2C)cc(C)c1.Cc1[c-]c(-c2nc3ccccc3cc2C)cc(C)c1.[Ir].[Ir].[Ir].[Ir].[Ir]. The molecule has 15 aromatic rings. The molecular weight excluding hydrogens is 2610 g/mol. The van der Waals surface area contributed by atoms with Crippen LogP contribution in [0.5, 0.6) is 0 Å². The van der Waals surface area contributed by atoms with Gasteiger partial charge < -0.3 is 25.5 Å². The maximum absolute atomic E-state index is 10.0. The minimum absolute atomic E-state index is 0. The number of rotatable bonds is 12. The summed E-state index contributed by atoms with van der Waals surface area (Å²) in [5, 5.41) is 47.8. The van der Waals surface area contributed by atoms with E-state index in [4.69, 9.17) is 50.5 Å². The Morgan fingerprint density at radius 2 is 0.522 bits per heavy atom. The average Bonchev–Trinajstić information content (AvgIpc) is 0.787. The fraction of sp³-hybridized carbons (Fsp3) is 0.237. The van der Waals surface area contributed by atoms with Crippen LogP contribution in [0.2, 0.25) is 0 Å². The van der Waals surface area contributed by atoms with Crippen LogP contribution in [0.15, 0.2) is 271 Å². The quantitative estimate of drug-likeness (QED) is 0.0433. The van der Waals surface area contributed by atoms with Crippen molar-refractivity contribution in [2.24, 2.45) is 5.92 Å². The van der Waals surface area contributed by atoms with Crippen molar-refractivity contribution in [2.75, 3.05) is 0 Å². The Labute approximate surface area is 884 Å². The van der Waals surface area contributed by atoms with Gasteiger partial charge in [-0.1, -0.05) is 215 Å². The van der Waals surface area contributed by atoms with Crippen molar-refractivity contribution in [3.05, 3.63) is 385 Å². The van der Waals surface area contributed by atoms with Crippen LogP contribution in [0.3, 0.4) is 0 Å². The van der Waals surface area contributed by atoms with Gasteiger partial charge in [-0.05, 0) is 212 Å². The van der Waals surface area contributed by atoms with Gasteiger partial charge in [-0.3, -0.25) is 48.9 Å². The maximum atomic E-state index is 10.0. The molecule has 5 aromatic heterocycles. The number of para-hydroxylation sites is 2. The Kier molecular flexibility index (Phi) is 55.8. The molecule has 0 saturated heterocycles. The van der Waals surface area contributed by atoms with Crippen LogP contribution >= 0.6 is 0 Å². The van der Waals surface area contributed by atoms with E-state index in [1.165, 1.54) is 182 Å². The second kappa shape index (κ2) is 61.8. The molecule has 0 unspecified atom stereocenters. The molecule has 0 aliphatic heterocycles. The van der Waals surface area contributed by atoms with Gasteiger partial charge in [0.2, 0.25) is 0 Å². The molecular formula is C118H126Ir5N5O10-5. The zero-order valence-electron chi connectivity index (χ0n) is 83.6. The van der Waals surface area contributed by atoms with Gasteiger partial charge in [-0.2, -0.15) is 0 Å². The molecule has 0 aliphatic rings. The number of nitrogens with zero attached hydrogens (tertiary/aromatic N) is 5. The summed E-state index contributed by atoms with van der Waals surface area (Å²) in [6.45, 7) is 48.1. The molecule has 0 spiro atoms. The molecule has 5 N–H and O–H groups in total. The molecule has 0 amide bonds. The number of allylic oxidation sites excluding steroid dienone is 10. The van der Waals surface area contributed by atoms with E-state index in [1.807, 2.05) is 30.3 Å². The molecule has 0 bridgehead atoms.